The minimum absolute atomic E-state index is 0.0851. The van der Waals surface area contributed by atoms with E-state index in [9.17, 15) is 4.79 Å². The zero-order chi connectivity index (χ0) is 15.1. The monoisotopic (exact) mass is 281 g/mol. The molecule has 0 unspecified atom stereocenters. The molecule has 3 N–H and O–H groups in total. The van der Waals surface area contributed by atoms with Crippen LogP contribution in [-0.4, -0.2) is 47.1 Å². The summed E-state index contributed by atoms with van der Waals surface area (Å²) in [6, 6.07) is 7.28. The number of carboxylic acid groups (broad SMARTS) is 2. The first-order chi connectivity index (χ1) is 9.40. The molecule has 0 spiro atoms. The number of carbonyl (C=O) groups is 3. The number of hydrogen-bond acceptors (Lipinski definition) is 5. The van der Waals surface area contributed by atoms with E-state index in [2.05, 4.69) is 5.32 Å². The molecule has 1 aromatic rings. The Bertz CT molecular complexity index is 480. The fourth-order valence-corrected chi connectivity index (χ4v) is 1.31. The lowest BCUT2D eigenvalue weighted by Crippen LogP contribution is -2.50. The van der Waals surface area contributed by atoms with Gasteiger partial charge >= 0.3 is 11.9 Å². The molecule has 1 aliphatic heterocycles. The molecular formula is C13H15NO6. The van der Waals surface area contributed by atoms with Gasteiger partial charge in [0, 0.05) is 18.7 Å². The van der Waals surface area contributed by atoms with Crippen LogP contribution in [0.5, 0.6) is 5.75 Å². The summed E-state index contributed by atoms with van der Waals surface area (Å²) in [5.74, 6) is -2.73. The highest BCUT2D eigenvalue weighted by Gasteiger charge is 2.17. The van der Waals surface area contributed by atoms with Gasteiger partial charge in [0.05, 0.1) is 0 Å². The topological polar surface area (TPSA) is 113 Å². The van der Waals surface area contributed by atoms with Crippen LogP contribution in [0.15, 0.2) is 24.3 Å². The lowest BCUT2D eigenvalue weighted by Gasteiger charge is -2.27. The van der Waals surface area contributed by atoms with Gasteiger partial charge in [-0.1, -0.05) is 0 Å². The molecule has 1 heterocycles. The summed E-state index contributed by atoms with van der Waals surface area (Å²) < 4.78 is 5.61. The highest BCUT2D eigenvalue weighted by Crippen LogP contribution is 2.15. The summed E-state index contributed by atoms with van der Waals surface area (Å²) in [4.78, 5) is 29.2. The summed E-state index contributed by atoms with van der Waals surface area (Å²) in [7, 11) is 0. The number of Topliss-reactive ketones (excluding diaryl/α,β-unsaturated/α-hetero) is 1. The van der Waals surface area contributed by atoms with E-state index in [-0.39, 0.29) is 11.9 Å². The van der Waals surface area contributed by atoms with Crippen LogP contribution in [0.3, 0.4) is 0 Å². The van der Waals surface area contributed by atoms with Crippen LogP contribution >= 0.6 is 0 Å². The average Bonchev–Trinajstić information content (AvgIpc) is 2.35. The van der Waals surface area contributed by atoms with Crippen molar-refractivity contribution in [3.8, 4) is 5.75 Å². The quantitative estimate of drug-likeness (QED) is 0.542. The predicted octanol–water partition coefficient (Wildman–Crippen LogP) is 0.395. The lowest BCUT2D eigenvalue weighted by molar-refractivity contribution is -0.159. The molecular weight excluding hydrogens is 266 g/mol. The van der Waals surface area contributed by atoms with Crippen molar-refractivity contribution in [1.29, 1.82) is 0 Å². The third kappa shape index (κ3) is 5.07. The minimum atomic E-state index is -1.82. The standard InChI is InChI=1S/C11H13NO2.C2H2O4/c1-8(13)9-2-4-10(5-3-9)14-11-6-12-7-11;3-1(4)2(5)6/h2-5,11-12H,6-7H2,1H3;(H,3,4)(H,5,6). The number of hydrogen-bond donors (Lipinski definition) is 3. The molecule has 0 aromatic heterocycles. The number of carbonyl (C=O) groups excluding carboxylic acids is 1. The van der Waals surface area contributed by atoms with E-state index in [4.69, 9.17) is 24.5 Å². The Kier molecular flexibility index (Phi) is 5.67. The SMILES string of the molecule is CC(=O)c1ccc(OC2CNC2)cc1.O=C(O)C(=O)O. The van der Waals surface area contributed by atoms with Gasteiger partial charge in [0.15, 0.2) is 5.78 Å². The number of ether oxygens (including phenoxy) is 1. The van der Waals surface area contributed by atoms with Gasteiger partial charge < -0.3 is 20.3 Å². The normalized spacial score (nSPS) is 13.4. The Morgan fingerprint density at radius 1 is 1.10 bits per heavy atom. The molecule has 20 heavy (non-hydrogen) atoms. The van der Waals surface area contributed by atoms with Crippen LogP contribution in [-0.2, 0) is 9.59 Å². The van der Waals surface area contributed by atoms with Gasteiger partial charge in [0.25, 0.3) is 0 Å². The first-order valence-corrected chi connectivity index (χ1v) is 5.84. The van der Waals surface area contributed by atoms with Crippen LogP contribution in [0.2, 0.25) is 0 Å². The smallest absolute Gasteiger partial charge is 0.414 e. The van der Waals surface area contributed by atoms with Crippen LogP contribution in [0.25, 0.3) is 0 Å². The van der Waals surface area contributed by atoms with E-state index < -0.39 is 11.9 Å². The Labute approximate surface area is 115 Å². The largest absolute Gasteiger partial charge is 0.488 e. The summed E-state index contributed by atoms with van der Waals surface area (Å²) in [5, 5.41) is 17.9. The molecule has 1 aromatic carbocycles. The van der Waals surface area contributed by atoms with Gasteiger partial charge in [-0.15, -0.1) is 0 Å². The molecule has 7 nitrogen and oxygen atoms in total. The number of rotatable bonds is 3. The second kappa shape index (κ2) is 7.25. The molecule has 0 amide bonds. The van der Waals surface area contributed by atoms with Crippen LogP contribution in [0.1, 0.15) is 17.3 Å². The molecule has 1 saturated heterocycles. The first kappa shape index (κ1) is 15.6. The lowest BCUT2D eigenvalue weighted by atomic mass is 10.1. The Morgan fingerprint density at radius 3 is 1.90 bits per heavy atom. The van der Waals surface area contributed by atoms with E-state index in [1.807, 2.05) is 12.1 Å². The van der Waals surface area contributed by atoms with Crippen LogP contribution < -0.4 is 10.1 Å². The fourth-order valence-electron chi connectivity index (χ4n) is 1.31. The van der Waals surface area contributed by atoms with Crippen molar-refractivity contribution < 1.29 is 29.3 Å². The zero-order valence-corrected chi connectivity index (χ0v) is 10.8. The van der Waals surface area contributed by atoms with Gasteiger partial charge in [0.1, 0.15) is 11.9 Å². The van der Waals surface area contributed by atoms with Crippen molar-refractivity contribution >= 4 is 17.7 Å². The average molecular weight is 281 g/mol. The number of carboxylic acids is 2. The van der Waals surface area contributed by atoms with Crippen LogP contribution in [0, 0.1) is 0 Å². The Hall–Kier alpha value is -2.41. The fraction of sp³-hybridized carbons (Fsp3) is 0.308. The molecule has 0 radical (unpaired) electrons. The third-order valence-electron chi connectivity index (χ3n) is 2.49. The van der Waals surface area contributed by atoms with E-state index in [0.29, 0.717) is 0 Å². The van der Waals surface area contributed by atoms with Crippen molar-refractivity contribution in [2.45, 2.75) is 13.0 Å². The Morgan fingerprint density at radius 2 is 1.60 bits per heavy atom. The predicted molar refractivity (Wildman–Crippen MR) is 69.0 cm³/mol. The van der Waals surface area contributed by atoms with E-state index >= 15 is 0 Å². The second-order valence-corrected chi connectivity index (χ2v) is 4.09. The molecule has 0 atom stereocenters. The van der Waals surface area contributed by atoms with Gasteiger partial charge in [-0.25, -0.2) is 9.59 Å². The summed E-state index contributed by atoms with van der Waals surface area (Å²) in [5.41, 5.74) is 0.726. The maximum Gasteiger partial charge on any atom is 0.414 e. The highest BCUT2D eigenvalue weighted by molar-refractivity contribution is 6.27. The summed E-state index contributed by atoms with van der Waals surface area (Å²) in [6.07, 6.45) is 0.290. The molecule has 0 bridgehead atoms. The van der Waals surface area contributed by atoms with E-state index in [0.717, 1.165) is 24.4 Å². The third-order valence-corrected chi connectivity index (χ3v) is 2.49. The van der Waals surface area contributed by atoms with Crippen molar-refractivity contribution in [3.63, 3.8) is 0 Å². The molecule has 7 heteroatoms. The van der Waals surface area contributed by atoms with Gasteiger partial charge in [-0.3, -0.25) is 4.79 Å². The molecule has 1 fully saturated rings. The molecule has 108 valence electrons. The molecule has 2 rings (SSSR count). The highest BCUT2D eigenvalue weighted by atomic mass is 16.5. The molecule has 0 aliphatic carbocycles. The van der Waals surface area contributed by atoms with Crippen LogP contribution in [0.4, 0.5) is 0 Å². The maximum atomic E-state index is 11.0. The van der Waals surface area contributed by atoms with Crippen molar-refractivity contribution in [3.05, 3.63) is 29.8 Å². The van der Waals surface area contributed by atoms with E-state index in [1.165, 1.54) is 0 Å². The first-order valence-electron chi connectivity index (χ1n) is 5.84. The van der Waals surface area contributed by atoms with Crippen molar-refractivity contribution in [2.24, 2.45) is 0 Å². The number of ketones is 1. The maximum absolute atomic E-state index is 11.0. The zero-order valence-electron chi connectivity index (χ0n) is 10.8. The van der Waals surface area contributed by atoms with Gasteiger partial charge in [-0.05, 0) is 31.2 Å². The molecule has 1 aliphatic rings. The van der Waals surface area contributed by atoms with Crippen molar-refractivity contribution in [1.82, 2.24) is 5.32 Å². The Balaban J connectivity index is 0.000000286. The second-order valence-electron chi connectivity index (χ2n) is 4.09. The van der Waals surface area contributed by atoms with Crippen molar-refractivity contribution in [2.75, 3.05) is 13.1 Å². The minimum Gasteiger partial charge on any atom is -0.488 e. The van der Waals surface area contributed by atoms with Gasteiger partial charge in [0.2, 0.25) is 0 Å². The summed E-state index contributed by atoms with van der Waals surface area (Å²) in [6.45, 7) is 3.38. The molecule has 0 saturated carbocycles. The number of aliphatic carboxylic acids is 2. The number of benzene rings is 1. The van der Waals surface area contributed by atoms with E-state index in [1.54, 1.807) is 19.1 Å². The summed E-state index contributed by atoms with van der Waals surface area (Å²) >= 11 is 0. The van der Waals surface area contributed by atoms with Gasteiger partial charge in [-0.2, -0.15) is 0 Å². The number of nitrogens with one attached hydrogen (secondary N) is 1.